The number of methoxy groups -OCH3 is 1. The van der Waals surface area contributed by atoms with Gasteiger partial charge in [0.15, 0.2) is 5.78 Å². The van der Waals surface area contributed by atoms with Gasteiger partial charge in [-0.15, -0.1) is 0 Å². The van der Waals surface area contributed by atoms with Gasteiger partial charge in [-0.25, -0.2) is 9.59 Å². The summed E-state index contributed by atoms with van der Waals surface area (Å²) in [4.78, 5) is 52.5. The monoisotopic (exact) mass is 307 g/mol. The Kier molecular flexibility index (Phi) is 4.03. The Bertz CT molecular complexity index is 676. The summed E-state index contributed by atoms with van der Waals surface area (Å²) in [5.74, 6) is -1.40. The van der Waals surface area contributed by atoms with E-state index >= 15 is 0 Å². The van der Waals surface area contributed by atoms with Gasteiger partial charge >= 0.3 is 12.0 Å². The second-order valence-corrected chi connectivity index (χ2v) is 5.16. The van der Waals surface area contributed by atoms with E-state index in [1.54, 1.807) is 13.8 Å². The summed E-state index contributed by atoms with van der Waals surface area (Å²) in [6, 6.07) is -0.507. The fourth-order valence-electron chi connectivity index (χ4n) is 2.48. The number of aromatic amines is 1. The lowest BCUT2D eigenvalue weighted by Gasteiger charge is -2.12. The lowest BCUT2D eigenvalue weighted by Crippen LogP contribution is -2.36. The van der Waals surface area contributed by atoms with Crippen molar-refractivity contribution in [2.75, 3.05) is 27.2 Å². The molecule has 1 fully saturated rings. The van der Waals surface area contributed by atoms with Gasteiger partial charge in [0.05, 0.1) is 24.9 Å². The molecule has 1 saturated heterocycles. The molecule has 0 radical (unpaired) electrons. The Morgan fingerprint density at radius 1 is 1.27 bits per heavy atom. The maximum atomic E-state index is 12.3. The lowest BCUT2D eigenvalue weighted by atomic mass is 10.1. The van der Waals surface area contributed by atoms with Crippen LogP contribution in [0.3, 0.4) is 0 Å². The van der Waals surface area contributed by atoms with E-state index in [9.17, 15) is 19.2 Å². The van der Waals surface area contributed by atoms with Crippen LogP contribution in [-0.4, -0.2) is 65.7 Å². The quantitative estimate of drug-likeness (QED) is 0.496. The van der Waals surface area contributed by atoms with Crippen LogP contribution in [0.15, 0.2) is 0 Å². The van der Waals surface area contributed by atoms with Crippen molar-refractivity contribution >= 4 is 23.7 Å². The van der Waals surface area contributed by atoms with Gasteiger partial charge in [0.2, 0.25) is 0 Å². The number of aryl methyl sites for hydroxylation is 1. The Balaban J connectivity index is 2.26. The predicted octanol–water partition coefficient (Wildman–Crippen LogP) is 0.495. The van der Waals surface area contributed by atoms with Crippen LogP contribution in [0.25, 0.3) is 0 Å². The first-order valence-corrected chi connectivity index (χ1v) is 6.64. The van der Waals surface area contributed by atoms with Gasteiger partial charge in [-0.2, -0.15) is 0 Å². The topological polar surface area (TPSA) is 99.8 Å². The van der Waals surface area contributed by atoms with Gasteiger partial charge in [0.25, 0.3) is 5.91 Å². The van der Waals surface area contributed by atoms with Crippen molar-refractivity contribution in [2.24, 2.45) is 0 Å². The highest BCUT2D eigenvalue weighted by Crippen LogP contribution is 2.20. The van der Waals surface area contributed by atoms with Crippen molar-refractivity contribution in [1.82, 2.24) is 14.8 Å². The molecule has 118 valence electrons. The number of ketones is 1. The number of Topliss-reactive ketones (excluding diaryl/α,β-unsaturated/α-hetero) is 1. The summed E-state index contributed by atoms with van der Waals surface area (Å²) in [5.41, 5.74) is 1.45. The molecule has 1 aliphatic rings. The number of nitrogens with zero attached hydrogens (tertiary/aromatic N) is 2. The number of likely N-dealkylation sites (N-methyl/N-ethyl adjacent to an activating group) is 1. The Morgan fingerprint density at radius 2 is 1.91 bits per heavy atom. The first kappa shape index (κ1) is 15.7. The predicted molar refractivity (Wildman–Crippen MR) is 75.7 cm³/mol. The van der Waals surface area contributed by atoms with E-state index in [1.807, 2.05) is 0 Å². The number of rotatable bonds is 4. The van der Waals surface area contributed by atoms with Gasteiger partial charge in [0, 0.05) is 12.7 Å². The number of esters is 1. The molecular weight excluding hydrogens is 290 g/mol. The molecule has 3 amide bonds. The van der Waals surface area contributed by atoms with Crippen LogP contribution in [0.1, 0.15) is 32.1 Å². The number of hydrogen-bond donors (Lipinski definition) is 1. The molecule has 22 heavy (non-hydrogen) atoms. The number of hydrogen-bond acceptors (Lipinski definition) is 5. The highest BCUT2D eigenvalue weighted by atomic mass is 16.5. The van der Waals surface area contributed by atoms with Gasteiger partial charge in [-0.1, -0.05) is 0 Å². The van der Waals surface area contributed by atoms with Gasteiger partial charge in [0.1, 0.15) is 6.54 Å². The van der Waals surface area contributed by atoms with E-state index in [1.165, 1.54) is 19.1 Å². The summed E-state index contributed by atoms with van der Waals surface area (Å²) in [6.07, 6.45) is 0. The molecule has 0 bridgehead atoms. The Hall–Kier alpha value is -2.64. The lowest BCUT2D eigenvalue weighted by molar-refractivity contribution is -0.125. The number of carbonyl (C=O) groups is 4. The van der Waals surface area contributed by atoms with E-state index < -0.39 is 23.7 Å². The van der Waals surface area contributed by atoms with Crippen LogP contribution in [0, 0.1) is 13.8 Å². The molecule has 2 heterocycles. The summed E-state index contributed by atoms with van der Waals surface area (Å²) in [7, 11) is 2.75. The molecular formula is C14H17N3O5. The Morgan fingerprint density at radius 3 is 2.41 bits per heavy atom. The van der Waals surface area contributed by atoms with E-state index in [-0.39, 0.29) is 18.8 Å². The molecule has 0 aromatic carbocycles. The van der Waals surface area contributed by atoms with Crippen LogP contribution in [0.4, 0.5) is 4.79 Å². The largest absolute Gasteiger partial charge is 0.465 e. The van der Waals surface area contributed by atoms with Crippen LogP contribution in [-0.2, 0) is 9.53 Å². The van der Waals surface area contributed by atoms with E-state index in [0.717, 1.165) is 4.90 Å². The maximum absolute atomic E-state index is 12.3. The third kappa shape index (κ3) is 2.47. The molecule has 8 nitrogen and oxygen atoms in total. The second kappa shape index (κ2) is 5.63. The molecule has 1 aromatic rings. The van der Waals surface area contributed by atoms with Gasteiger partial charge in [-0.3, -0.25) is 14.5 Å². The normalized spacial score (nSPS) is 14.7. The Labute approximate surface area is 127 Å². The molecule has 8 heteroatoms. The minimum atomic E-state index is -0.543. The number of nitrogens with one attached hydrogen (secondary N) is 1. The van der Waals surface area contributed by atoms with E-state index in [0.29, 0.717) is 16.8 Å². The van der Waals surface area contributed by atoms with Crippen LogP contribution >= 0.6 is 0 Å². The fraction of sp³-hybridized carbons (Fsp3) is 0.429. The number of aromatic nitrogens is 1. The first-order valence-electron chi connectivity index (χ1n) is 6.64. The zero-order valence-corrected chi connectivity index (χ0v) is 12.8. The number of carbonyl (C=O) groups excluding carboxylic acids is 4. The van der Waals surface area contributed by atoms with E-state index in [2.05, 4.69) is 9.72 Å². The highest BCUT2D eigenvalue weighted by Gasteiger charge is 2.35. The SMILES string of the molecule is COC(=O)c1c(C)[nH]c(C(=O)CN2C(=O)CN(C)C2=O)c1C. The van der Waals surface area contributed by atoms with Gasteiger partial charge in [-0.05, 0) is 19.4 Å². The smallest absolute Gasteiger partial charge is 0.339 e. The van der Waals surface area contributed by atoms with Crippen LogP contribution in [0.5, 0.6) is 0 Å². The summed E-state index contributed by atoms with van der Waals surface area (Å²) < 4.78 is 4.68. The number of amides is 3. The van der Waals surface area contributed by atoms with Gasteiger partial charge < -0.3 is 14.6 Å². The summed E-state index contributed by atoms with van der Waals surface area (Å²) in [5, 5.41) is 0. The molecule has 0 spiro atoms. The number of urea groups is 1. The average Bonchev–Trinajstić information content (AvgIpc) is 2.89. The number of imide groups is 1. The molecule has 2 rings (SSSR count). The molecule has 0 saturated carbocycles. The molecule has 0 unspecified atom stereocenters. The molecule has 1 N–H and O–H groups in total. The highest BCUT2D eigenvalue weighted by molar-refractivity contribution is 6.08. The summed E-state index contributed by atoms with van der Waals surface area (Å²) >= 11 is 0. The summed E-state index contributed by atoms with van der Waals surface area (Å²) in [6.45, 7) is 2.87. The van der Waals surface area contributed by atoms with Crippen molar-refractivity contribution < 1.29 is 23.9 Å². The van der Waals surface area contributed by atoms with Crippen LogP contribution < -0.4 is 0 Å². The molecule has 0 atom stereocenters. The van der Waals surface area contributed by atoms with Crippen molar-refractivity contribution in [2.45, 2.75) is 13.8 Å². The second-order valence-electron chi connectivity index (χ2n) is 5.16. The van der Waals surface area contributed by atoms with E-state index in [4.69, 9.17) is 0 Å². The average molecular weight is 307 g/mol. The maximum Gasteiger partial charge on any atom is 0.339 e. The standard InChI is InChI=1S/C14H17N3O5/c1-7-11(13(20)22-4)8(2)15-12(7)9(18)5-17-10(19)6-16(3)14(17)21/h15H,5-6H2,1-4H3. The van der Waals surface area contributed by atoms with Crippen LogP contribution in [0.2, 0.25) is 0 Å². The molecule has 0 aliphatic carbocycles. The third-order valence-corrected chi connectivity index (χ3v) is 3.64. The van der Waals surface area contributed by atoms with Crippen molar-refractivity contribution in [3.8, 4) is 0 Å². The number of ether oxygens (including phenoxy) is 1. The zero-order chi connectivity index (χ0) is 16.6. The van der Waals surface area contributed by atoms with Crippen molar-refractivity contribution in [3.63, 3.8) is 0 Å². The van der Waals surface area contributed by atoms with Crippen molar-refractivity contribution in [3.05, 3.63) is 22.5 Å². The molecule has 1 aliphatic heterocycles. The molecule has 1 aromatic heterocycles. The fourth-order valence-corrected chi connectivity index (χ4v) is 2.48. The van der Waals surface area contributed by atoms with Crippen molar-refractivity contribution in [1.29, 1.82) is 0 Å². The zero-order valence-electron chi connectivity index (χ0n) is 12.8. The minimum absolute atomic E-state index is 0.0394. The minimum Gasteiger partial charge on any atom is -0.465 e. The first-order chi connectivity index (χ1) is 10.3. The third-order valence-electron chi connectivity index (χ3n) is 3.64. The number of H-pyrrole nitrogens is 1.